The van der Waals surface area contributed by atoms with Gasteiger partial charge in [0.05, 0.1) is 0 Å². The Balaban J connectivity index is 4.34. The number of rotatable bonds is 54. The van der Waals surface area contributed by atoms with Gasteiger partial charge in [-0.3, -0.25) is 9.59 Å². The molecule has 0 unspecified atom stereocenters. The average molecular weight is 950 g/mol. The minimum absolute atomic E-state index is 0.119. The molecule has 0 rings (SSSR count). The fourth-order valence-corrected chi connectivity index (χ4v) is 8.40. The van der Waals surface area contributed by atoms with E-state index in [9.17, 15) is 9.59 Å². The molecule has 0 fully saturated rings. The number of unbranched alkanes of at least 4 members (excludes halogenated alkanes) is 31. The summed E-state index contributed by atoms with van der Waals surface area (Å²) in [6, 6.07) is 0. The summed E-state index contributed by atoms with van der Waals surface area (Å²) in [5.41, 5.74) is 0. The summed E-state index contributed by atoms with van der Waals surface area (Å²) >= 11 is 0. The summed E-state index contributed by atoms with van der Waals surface area (Å²) in [6.45, 7) is 7.58. The maximum absolute atomic E-state index is 12.7. The number of esters is 2. The number of hydrogen-bond acceptors (Lipinski definition) is 5. The first-order valence-corrected chi connectivity index (χ1v) is 29.5. The van der Waals surface area contributed by atoms with Gasteiger partial charge < -0.3 is 14.2 Å². The molecule has 0 aromatic heterocycles. The molecule has 68 heavy (non-hydrogen) atoms. The van der Waals surface area contributed by atoms with Gasteiger partial charge in [-0.2, -0.15) is 0 Å². The smallest absolute Gasteiger partial charge is 0.306 e. The van der Waals surface area contributed by atoms with Crippen molar-refractivity contribution in [1.82, 2.24) is 0 Å². The highest BCUT2D eigenvalue weighted by Crippen LogP contribution is 2.16. The summed E-state index contributed by atoms with van der Waals surface area (Å²) in [7, 11) is 0. The van der Waals surface area contributed by atoms with Crippen molar-refractivity contribution in [2.24, 2.45) is 0 Å². The number of carbonyl (C=O) groups is 2. The first kappa shape index (κ1) is 65.3. The quantitative estimate of drug-likeness (QED) is 0.0345. The molecule has 5 nitrogen and oxygen atoms in total. The van der Waals surface area contributed by atoms with Gasteiger partial charge in [0.15, 0.2) is 0 Å². The van der Waals surface area contributed by atoms with Crippen LogP contribution in [0.1, 0.15) is 290 Å². The molecule has 0 amide bonds. The topological polar surface area (TPSA) is 61.8 Å². The molecule has 394 valence electrons. The van der Waals surface area contributed by atoms with Crippen LogP contribution in [0, 0.1) is 0 Å². The Bertz CT molecular complexity index is 1210. The minimum Gasteiger partial charge on any atom is -0.463 e. The molecule has 0 aromatic rings. The van der Waals surface area contributed by atoms with Crippen molar-refractivity contribution < 1.29 is 23.8 Å². The van der Waals surface area contributed by atoms with Gasteiger partial charge in [-0.15, -0.1) is 0 Å². The third kappa shape index (κ3) is 55.9. The first-order chi connectivity index (χ1) is 33.6. The van der Waals surface area contributed by atoms with E-state index in [0.717, 1.165) is 64.2 Å². The van der Waals surface area contributed by atoms with E-state index in [-0.39, 0.29) is 25.2 Å². The van der Waals surface area contributed by atoms with Crippen LogP contribution in [0.25, 0.3) is 0 Å². The maximum Gasteiger partial charge on any atom is 0.306 e. The second-order valence-corrected chi connectivity index (χ2v) is 19.5. The lowest BCUT2D eigenvalue weighted by molar-refractivity contribution is -0.155. The molecule has 0 radical (unpaired) electrons. The predicted molar refractivity (Wildman–Crippen MR) is 297 cm³/mol. The molecule has 5 heteroatoms. The van der Waals surface area contributed by atoms with Crippen molar-refractivity contribution in [1.29, 1.82) is 0 Å². The van der Waals surface area contributed by atoms with E-state index in [1.54, 1.807) is 0 Å². The Hall–Kier alpha value is -2.66. The van der Waals surface area contributed by atoms with E-state index >= 15 is 0 Å². The molecule has 0 saturated carbocycles. The van der Waals surface area contributed by atoms with E-state index in [1.165, 1.54) is 186 Å². The van der Waals surface area contributed by atoms with Crippen molar-refractivity contribution in [2.75, 3.05) is 19.8 Å². The standard InChI is InChI=1S/C63H112O5/c1-4-7-10-13-16-19-22-25-28-31-32-34-36-39-42-45-48-51-54-57-63(65)68-60-61(66-58-55-52-49-46-43-40-37-30-27-24-21-18-15-12-9-6-3)59-67-62(64)56-53-50-47-44-41-38-35-33-29-26-23-20-17-14-11-8-5-2/h7,10,16,19,25,28,32,34,39,42,48,51,61H,4-6,8-9,11-15,17-18,20-24,26-27,29-31,33,35-38,40-41,43-47,49-50,52-60H2,1-3H3/b10-7-,19-16-,28-25-,34-32-,42-39-,51-48-/t61-/m0/s1. The van der Waals surface area contributed by atoms with Crippen molar-refractivity contribution >= 4 is 11.9 Å². The van der Waals surface area contributed by atoms with Crippen LogP contribution in [-0.2, 0) is 23.8 Å². The van der Waals surface area contributed by atoms with E-state index in [2.05, 4.69) is 87.6 Å². The monoisotopic (exact) mass is 949 g/mol. The van der Waals surface area contributed by atoms with Gasteiger partial charge in [0.2, 0.25) is 0 Å². The van der Waals surface area contributed by atoms with Crippen LogP contribution < -0.4 is 0 Å². The zero-order valence-corrected chi connectivity index (χ0v) is 45.4. The minimum atomic E-state index is -0.430. The molecule has 0 heterocycles. The average Bonchev–Trinajstić information content (AvgIpc) is 3.34. The van der Waals surface area contributed by atoms with Gasteiger partial charge in [0.25, 0.3) is 0 Å². The molecule has 0 bridgehead atoms. The largest absolute Gasteiger partial charge is 0.463 e. The molecule has 0 aliphatic carbocycles. The molecular weight excluding hydrogens is 837 g/mol. The second-order valence-electron chi connectivity index (χ2n) is 19.5. The van der Waals surface area contributed by atoms with Crippen molar-refractivity contribution in [3.8, 4) is 0 Å². The summed E-state index contributed by atoms with van der Waals surface area (Å²) in [5.74, 6) is -0.415. The zero-order chi connectivity index (χ0) is 49.2. The van der Waals surface area contributed by atoms with Gasteiger partial charge in [-0.25, -0.2) is 0 Å². The van der Waals surface area contributed by atoms with Gasteiger partial charge in [-0.1, -0.05) is 293 Å². The van der Waals surface area contributed by atoms with Crippen LogP contribution in [-0.4, -0.2) is 37.9 Å². The molecule has 0 saturated heterocycles. The summed E-state index contributed by atoms with van der Waals surface area (Å²) in [5, 5.41) is 0. The van der Waals surface area contributed by atoms with Crippen LogP contribution in [0.4, 0.5) is 0 Å². The number of ether oxygens (including phenoxy) is 3. The molecule has 0 aliphatic rings. The van der Waals surface area contributed by atoms with Crippen LogP contribution >= 0.6 is 0 Å². The number of carbonyl (C=O) groups excluding carboxylic acids is 2. The first-order valence-electron chi connectivity index (χ1n) is 29.5. The SMILES string of the molecule is CC/C=C\C/C=C\C/C=C\C/C=C\C/C=C\C/C=C\CCC(=O)OC[C@H](COC(=O)CCCCCCCCCCCCCCCCCCC)OCCCCCCCCCCCCCCCCCC. The molecule has 0 aliphatic heterocycles. The van der Waals surface area contributed by atoms with E-state index in [0.29, 0.717) is 25.9 Å². The third-order valence-electron chi connectivity index (χ3n) is 12.8. The lowest BCUT2D eigenvalue weighted by atomic mass is 10.0. The normalized spacial score (nSPS) is 12.7. The lowest BCUT2D eigenvalue weighted by Gasteiger charge is -2.18. The molecular formula is C63H112O5. The van der Waals surface area contributed by atoms with Gasteiger partial charge in [-0.05, 0) is 57.8 Å². The van der Waals surface area contributed by atoms with Crippen LogP contribution in [0.3, 0.4) is 0 Å². The summed E-state index contributed by atoms with van der Waals surface area (Å²) in [6.07, 6.45) is 76.7. The number of allylic oxidation sites excluding steroid dienone is 12. The fraction of sp³-hybridized carbons (Fsp3) is 0.778. The Morgan fingerprint density at radius 1 is 0.324 bits per heavy atom. The van der Waals surface area contributed by atoms with E-state index < -0.39 is 6.10 Å². The van der Waals surface area contributed by atoms with Gasteiger partial charge in [0, 0.05) is 19.4 Å². The Labute approximate surface area is 423 Å². The molecule has 1 atom stereocenters. The predicted octanol–water partition coefficient (Wildman–Crippen LogP) is 20.2. The summed E-state index contributed by atoms with van der Waals surface area (Å²) in [4.78, 5) is 25.3. The van der Waals surface area contributed by atoms with Crippen molar-refractivity contribution in [2.45, 2.75) is 297 Å². The highest BCUT2D eigenvalue weighted by molar-refractivity contribution is 5.70. The maximum atomic E-state index is 12.7. The Morgan fingerprint density at radius 3 is 0.941 bits per heavy atom. The molecule has 0 aromatic carbocycles. The molecule has 0 spiro atoms. The van der Waals surface area contributed by atoms with Crippen LogP contribution in [0.2, 0.25) is 0 Å². The van der Waals surface area contributed by atoms with E-state index in [1.807, 2.05) is 6.08 Å². The molecule has 0 N–H and O–H groups in total. The Morgan fingerprint density at radius 2 is 0.603 bits per heavy atom. The number of hydrogen-bond donors (Lipinski definition) is 0. The highest BCUT2D eigenvalue weighted by Gasteiger charge is 2.16. The summed E-state index contributed by atoms with van der Waals surface area (Å²) < 4.78 is 17.5. The third-order valence-corrected chi connectivity index (χ3v) is 12.8. The van der Waals surface area contributed by atoms with Crippen LogP contribution in [0.15, 0.2) is 72.9 Å². The van der Waals surface area contributed by atoms with Crippen molar-refractivity contribution in [3.05, 3.63) is 72.9 Å². The van der Waals surface area contributed by atoms with Crippen LogP contribution in [0.5, 0.6) is 0 Å². The highest BCUT2D eigenvalue weighted by atomic mass is 16.6. The zero-order valence-electron chi connectivity index (χ0n) is 45.4. The second kappa shape index (κ2) is 58.7. The fourth-order valence-electron chi connectivity index (χ4n) is 8.40. The van der Waals surface area contributed by atoms with Crippen molar-refractivity contribution in [3.63, 3.8) is 0 Å². The van der Waals surface area contributed by atoms with E-state index in [4.69, 9.17) is 14.2 Å². The lowest BCUT2D eigenvalue weighted by Crippen LogP contribution is -2.29. The van der Waals surface area contributed by atoms with Gasteiger partial charge >= 0.3 is 11.9 Å². The van der Waals surface area contributed by atoms with Gasteiger partial charge in [0.1, 0.15) is 19.3 Å². The Kier molecular flexibility index (Phi) is 56.4.